The average molecular weight is 543 g/mol. The van der Waals surface area contributed by atoms with Crippen molar-refractivity contribution in [3.05, 3.63) is 51.6 Å². The van der Waals surface area contributed by atoms with Crippen molar-refractivity contribution in [2.45, 2.75) is 45.3 Å². The fourth-order valence-electron chi connectivity index (χ4n) is 4.68. The van der Waals surface area contributed by atoms with Gasteiger partial charge in [0.25, 0.3) is 5.91 Å². The molecule has 34 heavy (non-hydrogen) atoms. The summed E-state index contributed by atoms with van der Waals surface area (Å²) in [6.45, 7) is 3.88. The molecule has 9 nitrogen and oxygen atoms in total. The molecule has 3 atom stereocenters. The highest BCUT2D eigenvalue weighted by Crippen LogP contribution is 2.59. The van der Waals surface area contributed by atoms with Crippen LogP contribution in [0.4, 0.5) is 5.82 Å². The highest BCUT2D eigenvalue weighted by Gasteiger charge is 2.64. The number of thiophene rings is 1. The van der Waals surface area contributed by atoms with Crippen LogP contribution >= 0.6 is 27.3 Å². The second-order valence-electron chi connectivity index (χ2n) is 9.10. The number of primary amides is 1. The van der Waals surface area contributed by atoms with Crippen molar-refractivity contribution >= 4 is 50.8 Å². The van der Waals surface area contributed by atoms with Gasteiger partial charge in [0, 0.05) is 6.04 Å². The first-order valence-electron chi connectivity index (χ1n) is 10.8. The SMILES string of the molecule is Cc1ccc(Br)nc1NC(=O)C1CC2(C)CC2N1C(=O)Cn1nc(C(N)=O)cc1-c1cccs1. The van der Waals surface area contributed by atoms with Crippen molar-refractivity contribution in [1.82, 2.24) is 19.7 Å². The van der Waals surface area contributed by atoms with Gasteiger partial charge in [0.1, 0.15) is 23.0 Å². The number of nitrogens with zero attached hydrogens (tertiary/aromatic N) is 4. The van der Waals surface area contributed by atoms with E-state index in [2.05, 4.69) is 38.3 Å². The summed E-state index contributed by atoms with van der Waals surface area (Å²) < 4.78 is 2.12. The van der Waals surface area contributed by atoms with Gasteiger partial charge in [0.05, 0.1) is 10.6 Å². The lowest BCUT2D eigenvalue weighted by Crippen LogP contribution is -2.47. The second-order valence-corrected chi connectivity index (χ2v) is 10.9. The summed E-state index contributed by atoms with van der Waals surface area (Å²) in [6, 6.07) is 8.45. The van der Waals surface area contributed by atoms with E-state index in [1.807, 2.05) is 36.6 Å². The Labute approximate surface area is 208 Å². The van der Waals surface area contributed by atoms with Crippen LogP contribution in [0.1, 0.15) is 35.8 Å². The number of amides is 3. The molecule has 1 saturated carbocycles. The van der Waals surface area contributed by atoms with Crippen LogP contribution in [0, 0.1) is 12.3 Å². The summed E-state index contributed by atoms with van der Waals surface area (Å²) in [5.41, 5.74) is 6.94. The number of aryl methyl sites for hydroxylation is 1. The summed E-state index contributed by atoms with van der Waals surface area (Å²) in [4.78, 5) is 45.4. The number of pyridine rings is 1. The number of halogens is 1. The van der Waals surface area contributed by atoms with Crippen LogP contribution in [0.25, 0.3) is 10.6 Å². The zero-order chi connectivity index (χ0) is 24.2. The van der Waals surface area contributed by atoms with Gasteiger partial charge in [0.15, 0.2) is 5.69 Å². The number of carbonyl (C=O) groups excluding carboxylic acids is 3. The van der Waals surface area contributed by atoms with Crippen LogP contribution < -0.4 is 11.1 Å². The highest BCUT2D eigenvalue weighted by atomic mass is 79.9. The average Bonchev–Trinajstić information content (AvgIpc) is 3.22. The highest BCUT2D eigenvalue weighted by molar-refractivity contribution is 9.10. The Kier molecular flexibility index (Phi) is 5.56. The van der Waals surface area contributed by atoms with E-state index in [-0.39, 0.29) is 35.5 Å². The predicted octanol–water partition coefficient (Wildman–Crippen LogP) is 3.19. The minimum absolute atomic E-state index is 0.00340. The fraction of sp³-hybridized carbons (Fsp3) is 0.348. The third kappa shape index (κ3) is 4.03. The Bertz CT molecular complexity index is 1310. The van der Waals surface area contributed by atoms with E-state index in [1.165, 1.54) is 16.0 Å². The quantitative estimate of drug-likeness (QED) is 0.463. The van der Waals surface area contributed by atoms with Crippen molar-refractivity contribution in [2.75, 3.05) is 5.32 Å². The third-order valence-electron chi connectivity index (χ3n) is 6.62. The van der Waals surface area contributed by atoms with Gasteiger partial charge >= 0.3 is 0 Å². The van der Waals surface area contributed by atoms with Crippen molar-refractivity contribution in [2.24, 2.45) is 11.1 Å². The number of nitrogens with two attached hydrogens (primary N) is 1. The predicted molar refractivity (Wildman–Crippen MR) is 131 cm³/mol. The summed E-state index contributed by atoms with van der Waals surface area (Å²) in [6.07, 6.45) is 1.45. The topological polar surface area (TPSA) is 123 Å². The van der Waals surface area contributed by atoms with Gasteiger partial charge in [-0.3, -0.25) is 19.1 Å². The number of hydrogen-bond donors (Lipinski definition) is 2. The molecular weight excluding hydrogens is 520 g/mol. The van der Waals surface area contributed by atoms with Crippen LogP contribution in [0.15, 0.2) is 40.3 Å². The minimum atomic E-state index is -0.658. The molecular formula is C23H23BrN6O3S. The van der Waals surface area contributed by atoms with E-state index < -0.39 is 11.9 Å². The number of piperidine rings is 1. The molecule has 11 heteroatoms. The molecule has 1 aliphatic heterocycles. The van der Waals surface area contributed by atoms with E-state index in [1.54, 1.807) is 11.0 Å². The molecule has 5 rings (SSSR count). The Hall–Kier alpha value is -3.05. The first kappa shape index (κ1) is 22.7. The molecule has 2 fully saturated rings. The largest absolute Gasteiger partial charge is 0.364 e. The lowest BCUT2D eigenvalue weighted by molar-refractivity contribution is -0.138. The van der Waals surface area contributed by atoms with Gasteiger partial charge in [-0.15, -0.1) is 11.3 Å². The van der Waals surface area contributed by atoms with Gasteiger partial charge in [-0.2, -0.15) is 5.10 Å². The second kappa shape index (κ2) is 8.31. The molecule has 3 unspecified atom stereocenters. The summed E-state index contributed by atoms with van der Waals surface area (Å²) in [5, 5.41) is 9.08. The molecule has 3 N–H and O–H groups in total. The zero-order valence-corrected chi connectivity index (χ0v) is 21.0. The molecule has 0 aromatic carbocycles. The smallest absolute Gasteiger partial charge is 0.269 e. The summed E-state index contributed by atoms with van der Waals surface area (Å²) in [5.74, 6) is -0.667. The van der Waals surface area contributed by atoms with Crippen molar-refractivity contribution < 1.29 is 14.4 Å². The Morgan fingerprint density at radius 3 is 2.79 bits per heavy atom. The molecule has 0 spiro atoms. The van der Waals surface area contributed by atoms with Crippen LogP contribution in [0.3, 0.4) is 0 Å². The van der Waals surface area contributed by atoms with Crippen molar-refractivity contribution in [3.8, 4) is 10.6 Å². The minimum Gasteiger partial charge on any atom is -0.364 e. The Morgan fingerprint density at radius 1 is 1.29 bits per heavy atom. The standard InChI is InChI=1S/C23H23BrN6O3S/c1-12-5-6-18(24)26-21(12)27-22(33)15-9-23(2)10-17(23)30(15)19(31)11-29-14(16-4-3-7-34-16)8-13(28-29)20(25)32/h3-8,15,17H,9-11H2,1-2H3,(H2,25,32)(H,26,27,33). The van der Waals surface area contributed by atoms with Gasteiger partial charge in [-0.1, -0.05) is 19.1 Å². The first-order valence-corrected chi connectivity index (χ1v) is 12.5. The number of anilines is 1. The molecule has 3 aromatic heterocycles. The molecule has 0 radical (unpaired) electrons. The Balaban J connectivity index is 1.40. The lowest BCUT2D eigenvalue weighted by Gasteiger charge is -2.27. The number of carbonyl (C=O) groups is 3. The number of fused-ring (bicyclic) bond motifs is 1. The van der Waals surface area contributed by atoms with Crippen molar-refractivity contribution in [3.63, 3.8) is 0 Å². The summed E-state index contributed by atoms with van der Waals surface area (Å²) in [7, 11) is 0. The maximum absolute atomic E-state index is 13.5. The number of likely N-dealkylation sites (tertiary alicyclic amines) is 1. The molecule has 4 heterocycles. The van der Waals surface area contributed by atoms with Gasteiger partial charge < -0.3 is 16.0 Å². The maximum atomic E-state index is 13.5. The van der Waals surface area contributed by atoms with E-state index >= 15 is 0 Å². The van der Waals surface area contributed by atoms with Gasteiger partial charge in [-0.05, 0) is 70.3 Å². The summed E-state index contributed by atoms with van der Waals surface area (Å²) >= 11 is 4.81. The molecule has 1 saturated heterocycles. The number of aromatic nitrogens is 3. The Morgan fingerprint density at radius 2 is 2.09 bits per heavy atom. The number of nitrogens with one attached hydrogen (secondary N) is 1. The van der Waals surface area contributed by atoms with Crippen LogP contribution in [0.5, 0.6) is 0 Å². The van der Waals surface area contributed by atoms with E-state index in [4.69, 9.17) is 5.73 Å². The van der Waals surface area contributed by atoms with E-state index in [0.717, 1.165) is 16.9 Å². The van der Waals surface area contributed by atoms with E-state index in [0.29, 0.717) is 22.5 Å². The fourth-order valence-corrected chi connectivity index (χ4v) is 5.74. The molecule has 0 bridgehead atoms. The van der Waals surface area contributed by atoms with E-state index in [9.17, 15) is 14.4 Å². The van der Waals surface area contributed by atoms with Gasteiger partial charge in [0.2, 0.25) is 11.8 Å². The van der Waals surface area contributed by atoms with Crippen LogP contribution in [-0.2, 0) is 16.1 Å². The zero-order valence-electron chi connectivity index (χ0n) is 18.6. The lowest BCUT2D eigenvalue weighted by atomic mass is 10.0. The van der Waals surface area contributed by atoms with Crippen LogP contribution in [0.2, 0.25) is 0 Å². The van der Waals surface area contributed by atoms with Crippen molar-refractivity contribution in [1.29, 1.82) is 0 Å². The third-order valence-corrected chi connectivity index (χ3v) is 7.96. The molecule has 1 aliphatic carbocycles. The molecule has 176 valence electrons. The maximum Gasteiger partial charge on any atom is 0.269 e. The first-order chi connectivity index (χ1) is 16.2. The molecule has 3 aromatic rings. The molecule has 3 amide bonds. The number of rotatable bonds is 6. The number of hydrogen-bond acceptors (Lipinski definition) is 6. The molecule has 2 aliphatic rings. The van der Waals surface area contributed by atoms with Crippen LogP contribution in [-0.4, -0.2) is 49.5 Å². The van der Waals surface area contributed by atoms with Gasteiger partial charge in [-0.25, -0.2) is 4.98 Å². The monoisotopic (exact) mass is 542 g/mol. The normalized spacial score (nSPS) is 23.0.